The van der Waals surface area contributed by atoms with Gasteiger partial charge >= 0.3 is 0 Å². The fraction of sp³-hybridized carbons (Fsp3) is 0.526. The van der Waals surface area contributed by atoms with E-state index in [-0.39, 0.29) is 6.54 Å². The lowest BCUT2D eigenvalue weighted by molar-refractivity contribution is 0.222. The van der Waals surface area contributed by atoms with Gasteiger partial charge in [0.2, 0.25) is 10.0 Å². The average Bonchev–Trinajstić information content (AvgIpc) is 3.15. The van der Waals surface area contributed by atoms with Gasteiger partial charge in [-0.15, -0.1) is 0 Å². The minimum atomic E-state index is -3.55. The number of sulfonamides is 1. The first kappa shape index (κ1) is 22.2. The van der Waals surface area contributed by atoms with Crippen LogP contribution in [0.3, 0.4) is 0 Å². The smallest absolute Gasteiger partial charge is 0.243 e. The van der Waals surface area contributed by atoms with E-state index in [4.69, 9.17) is 0 Å². The molecule has 1 saturated heterocycles. The van der Waals surface area contributed by atoms with E-state index < -0.39 is 10.0 Å². The van der Waals surface area contributed by atoms with Gasteiger partial charge in [-0.1, -0.05) is 18.2 Å². The van der Waals surface area contributed by atoms with Gasteiger partial charge in [-0.05, 0) is 25.6 Å². The van der Waals surface area contributed by atoms with Gasteiger partial charge in [-0.2, -0.15) is 9.40 Å². The topological polar surface area (TPSA) is 108 Å². The van der Waals surface area contributed by atoms with Crippen molar-refractivity contribution < 1.29 is 8.42 Å². The van der Waals surface area contributed by atoms with Crippen LogP contribution in [0.15, 0.2) is 40.5 Å². The summed E-state index contributed by atoms with van der Waals surface area (Å²) in [5.74, 6) is 1.37. The minimum absolute atomic E-state index is 0.247. The third-order valence-corrected chi connectivity index (χ3v) is 7.02. The Labute approximate surface area is 178 Å². The zero-order valence-corrected chi connectivity index (χ0v) is 18.6. The van der Waals surface area contributed by atoms with Crippen LogP contribution in [0.4, 0.5) is 0 Å². The van der Waals surface area contributed by atoms with Crippen LogP contribution in [0.1, 0.15) is 18.3 Å². The standard InChI is InChI=1S/C19H30N8O2S/c1-4-20-19(22-14-18-23-15-24-26(18)3)21-13-16-7-5-6-8-17(16)30(28,29)27-11-9-25(2)10-12-27/h5-8,15H,4,9-14H2,1-3H3,(H2,20,21,22). The highest BCUT2D eigenvalue weighted by molar-refractivity contribution is 7.89. The van der Waals surface area contributed by atoms with E-state index >= 15 is 0 Å². The van der Waals surface area contributed by atoms with Crippen LogP contribution in [0.5, 0.6) is 0 Å². The number of nitrogens with one attached hydrogen (secondary N) is 2. The van der Waals surface area contributed by atoms with Gasteiger partial charge in [0.15, 0.2) is 5.96 Å². The molecule has 3 rings (SSSR count). The summed E-state index contributed by atoms with van der Waals surface area (Å²) in [4.78, 5) is 11.2. The van der Waals surface area contributed by atoms with Crippen molar-refractivity contribution in [3.63, 3.8) is 0 Å². The lowest BCUT2D eigenvalue weighted by Crippen LogP contribution is -2.47. The van der Waals surface area contributed by atoms with E-state index in [1.165, 1.54) is 6.33 Å². The number of rotatable bonds is 7. The maximum Gasteiger partial charge on any atom is 0.243 e. The number of aryl methyl sites for hydroxylation is 1. The zero-order valence-electron chi connectivity index (χ0n) is 17.7. The summed E-state index contributed by atoms with van der Waals surface area (Å²) in [6, 6.07) is 7.08. The summed E-state index contributed by atoms with van der Waals surface area (Å²) in [5.41, 5.74) is 0.673. The molecule has 10 nitrogen and oxygen atoms in total. The van der Waals surface area contributed by atoms with Gasteiger partial charge in [0.1, 0.15) is 12.2 Å². The van der Waals surface area contributed by atoms with Crippen molar-refractivity contribution in [1.29, 1.82) is 0 Å². The second-order valence-corrected chi connectivity index (χ2v) is 9.07. The minimum Gasteiger partial charge on any atom is -0.357 e. The lowest BCUT2D eigenvalue weighted by atomic mass is 10.2. The summed E-state index contributed by atoms with van der Waals surface area (Å²) in [7, 11) is 0.275. The molecule has 0 radical (unpaired) electrons. The molecule has 1 aliphatic heterocycles. The van der Waals surface area contributed by atoms with Gasteiger partial charge in [-0.3, -0.25) is 4.68 Å². The fourth-order valence-electron chi connectivity index (χ4n) is 3.20. The molecule has 1 fully saturated rings. The maximum atomic E-state index is 13.2. The van der Waals surface area contributed by atoms with E-state index in [1.54, 1.807) is 21.1 Å². The molecule has 1 aliphatic rings. The number of aromatic nitrogens is 3. The Morgan fingerprint density at radius 2 is 1.87 bits per heavy atom. The van der Waals surface area contributed by atoms with E-state index in [0.29, 0.717) is 42.6 Å². The first-order valence-corrected chi connectivity index (χ1v) is 11.5. The third-order valence-electron chi connectivity index (χ3n) is 5.02. The first-order chi connectivity index (χ1) is 14.4. The number of benzene rings is 1. The maximum absolute atomic E-state index is 13.2. The van der Waals surface area contributed by atoms with E-state index in [9.17, 15) is 8.42 Å². The van der Waals surface area contributed by atoms with Gasteiger partial charge in [0.05, 0.1) is 18.0 Å². The van der Waals surface area contributed by atoms with Gasteiger partial charge in [0, 0.05) is 39.8 Å². The number of guanidine groups is 1. The van der Waals surface area contributed by atoms with Crippen LogP contribution in [0.25, 0.3) is 0 Å². The summed E-state index contributed by atoms with van der Waals surface area (Å²) in [6.45, 7) is 5.83. The van der Waals surface area contributed by atoms with Crippen LogP contribution in [0, 0.1) is 0 Å². The second kappa shape index (κ2) is 10.0. The molecule has 0 bridgehead atoms. The zero-order chi connectivity index (χ0) is 21.6. The molecule has 1 aromatic heterocycles. The number of piperazine rings is 1. The molecule has 0 amide bonds. The first-order valence-electron chi connectivity index (χ1n) is 10.0. The molecule has 0 saturated carbocycles. The molecule has 2 heterocycles. The molecule has 0 atom stereocenters. The van der Waals surface area contributed by atoms with Crippen LogP contribution in [0.2, 0.25) is 0 Å². The number of likely N-dealkylation sites (N-methyl/N-ethyl adjacent to an activating group) is 1. The van der Waals surface area contributed by atoms with Crippen molar-refractivity contribution in [2.24, 2.45) is 12.0 Å². The van der Waals surface area contributed by atoms with Crippen molar-refractivity contribution in [3.8, 4) is 0 Å². The number of nitrogens with zero attached hydrogens (tertiary/aromatic N) is 6. The third kappa shape index (κ3) is 5.35. The van der Waals surface area contributed by atoms with Crippen molar-refractivity contribution in [3.05, 3.63) is 42.0 Å². The number of hydrogen-bond acceptors (Lipinski definition) is 6. The predicted octanol–water partition coefficient (Wildman–Crippen LogP) is 0.00650. The summed E-state index contributed by atoms with van der Waals surface area (Å²) in [6.07, 6.45) is 1.50. The predicted molar refractivity (Wildman–Crippen MR) is 115 cm³/mol. The Kier molecular flexibility index (Phi) is 7.40. The number of aliphatic imine (C=N–C) groups is 1. The van der Waals surface area contributed by atoms with Gasteiger partial charge in [-0.25, -0.2) is 18.4 Å². The highest BCUT2D eigenvalue weighted by Gasteiger charge is 2.29. The molecule has 11 heteroatoms. The largest absolute Gasteiger partial charge is 0.357 e. The summed E-state index contributed by atoms with van der Waals surface area (Å²) in [5, 5.41) is 10.4. The van der Waals surface area contributed by atoms with E-state index in [2.05, 4.69) is 30.6 Å². The monoisotopic (exact) mass is 434 g/mol. The number of hydrogen-bond donors (Lipinski definition) is 2. The highest BCUT2D eigenvalue weighted by atomic mass is 32.2. The SMILES string of the molecule is CCNC(=NCc1ccccc1S(=O)(=O)N1CCN(C)CC1)NCc1ncnn1C. The molecule has 0 spiro atoms. The van der Waals surface area contributed by atoms with Crippen LogP contribution >= 0.6 is 0 Å². The quantitative estimate of drug-likeness (QED) is 0.467. The molecule has 0 unspecified atom stereocenters. The van der Waals surface area contributed by atoms with Gasteiger partial charge < -0.3 is 15.5 Å². The van der Waals surface area contributed by atoms with Crippen LogP contribution in [-0.4, -0.2) is 78.1 Å². The molecule has 164 valence electrons. The van der Waals surface area contributed by atoms with Crippen molar-refractivity contribution in [1.82, 2.24) is 34.6 Å². The average molecular weight is 435 g/mol. The molecule has 1 aromatic carbocycles. The van der Waals surface area contributed by atoms with Gasteiger partial charge in [0.25, 0.3) is 0 Å². The fourth-order valence-corrected chi connectivity index (χ4v) is 4.84. The Morgan fingerprint density at radius 1 is 1.13 bits per heavy atom. The van der Waals surface area contributed by atoms with Crippen molar-refractivity contribution >= 4 is 16.0 Å². The Bertz CT molecular complexity index is 964. The molecule has 0 aliphatic carbocycles. The normalized spacial score (nSPS) is 16.6. The van der Waals surface area contributed by atoms with Crippen LogP contribution in [-0.2, 0) is 30.2 Å². The Morgan fingerprint density at radius 3 is 2.53 bits per heavy atom. The molecule has 30 heavy (non-hydrogen) atoms. The lowest BCUT2D eigenvalue weighted by Gasteiger charge is -2.32. The molecule has 2 N–H and O–H groups in total. The van der Waals surface area contributed by atoms with Crippen molar-refractivity contribution in [2.45, 2.75) is 24.9 Å². The highest BCUT2D eigenvalue weighted by Crippen LogP contribution is 2.22. The summed E-state index contributed by atoms with van der Waals surface area (Å²) >= 11 is 0. The summed E-state index contributed by atoms with van der Waals surface area (Å²) < 4.78 is 29.7. The molecular formula is C19H30N8O2S. The Balaban J connectivity index is 1.76. The van der Waals surface area contributed by atoms with Crippen LogP contribution < -0.4 is 10.6 Å². The Hall–Kier alpha value is -2.50. The van der Waals surface area contributed by atoms with E-state index in [0.717, 1.165) is 18.9 Å². The van der Waals surface area contributed by atoms with Crippen molar-refractivity contribution in [2.75, 3.05) is 39.8 Å². The molecule has 2 aromatic rings. The molecular weight excluding hydrogens is 404 g/mol. The second-order valence-electron chi connectivity index (χ2n) is 7.16. The van der Waals surface area contributed by atoms with E-state index in [1.807, 2.05) is 33.2 Å².